The van der Waals surface area contributed by atoms with E-state index in [0.29, 0.717) is 24.5 Å². The number of thiazole rings is 1. The van der Waals surface area contributed by atoms with E-state index in [1.807, 2.05) is 58.0 Å². The number of fused-ring (bicyclic) bond motifs is 1. The summed E-state index contributed by atoms with van der Waals surface area (Å²) in [6.07, 6.45) is -0.602. The lowest BCUT2D eigenvalue weighted by Crippen LogP contribution is -2.50. The van der Waals surface area contributed by atoms with Crippen molar-refractivity contribution in [1.82, 2.24) is 14.8 Å². The Labute approximate surface area is 218 Å². The highest BCUT2D eigenvalue weighted by Crippen LogP contribution is 2.26. The molecule has 10 heteroatoms. The van der Waals surface area contributed by atoms with Crippen LogP contribution >= 0.6 is 11.3 Å². The van der Waals surface area contributed by atoms with Crippen LogP contribution in [-0.4, -0.2) is 86.0 Å². The first kappa shape index (κ1) is 26.8. The van der Waals surface area contributed by atoms with Gasteiger partial charge in [-0.3, -0.25) is 14.5 Å². The first-order valence-corrected chi connectivity index (χ1v) is 14.8. The van der Waals surface area contributed by atoms with Crippen molar-refractivity contribution in [2.24, 2.45) is 0 Å². The Morgan fingerprint density at radius 2 is 1.72 bits per heavy atom. The van der Waals surface area contributed by atoms with Crippen LogP contribution in [0.15, 0.2) is 30.3 Å². The molecule has 3 aromatic rings. The average molecular weight is 533 g/mol. The molecule has 8 nitrogen and oxygen atoms in total. The van der Waals surface area contributed by atoms with Crippen LogP contribution in [0.5, 0.6) is 5.75 Å². The molecule has 1 aliphatic heterocycles. The largest absolute Gasteiger partial charge is 0.491 e. The lowest BCUT2D eigenvalue weighted by atomic mass is 10.1. The highest BCUT2D eigenvalue weighted by atomic mass is 32.2. The Bertz CT molecular complexity index is 1280. The first-order valence-electron chi connectivity index (χ1n) is 12.3. The third-order valence-corrected chi connectivity index (χ3v) is 8.64. The number of piperazine rings is 1. The van der Waals surface area contributed by atoms with E-state index in [0.717, 1.165) is 58.1 Å². The summed E-state index contributed by atoms with van der Waals surface area (Å²) in [4.78, 5) is 8.85. The molecule has 1 aliphatic rings. The van der Waals surface area contributed by atoms with Gasteiger partial charge in [-0.25, -0.2) is 13.4 Å². The molecule has 0 amide bonds. The van der Waals surface area contributed by atoms with Crippen molar-refractivity contribution in [3.63, 3.8) is 0 Å². The van der Waals surface area contributed by atoms with E-state index in [4.69, 9.17) is 4.74 Å². The molecule has 0 bridgehead atoms. The van der Waals surface area contributed by atoms with E-state index in [1.165, 1.54) is 0 Å². The zero-order chi connectivity index (χ0) is 25.9. The fraction of sp³-hybridized carbons (Fsp3) is 0.500. The van der Waals surface area contributed by atoms with Gasteiger partial charge in [-0.2, -0.15) is 0 Å². The second kappa shape index (κ2) is 11.4. The maximum absolute atomic E-state index is 12.7. The lowest BCUT2D eigenvalue weighted by molar-refractivity contribution is 0.0472. The van der Waals surface area contributed by atoms with Crippen LogP contribution in [0.4, 0.5) is 5.69 Å². The third kappa shape index (κ3) is 7.17. The van der Waals surface area contributed by atoms with Crippen molar-refractivity contribution in [1.29, 1.82) is 0 Å². The summed E-state index contributed by atoms with van der Waals surface area (Å²) in [5.41, 5.74) is 4.59. The topological polar surface area (TPSA) is 95.0 Å². The van der Waals surface area contributed by atoms with Crippen molar-refractivity contribution in [2.45, 2.75) is 33.8 Å². The molecule has 1 atom stereocenters. The monoisotopic (exact) mass is 532 g/mol. The number of nitrogens with zero attached hydrogens (tertiary/aromatic N) is 3. The molecule has 1 unspecified atom stereocenters. The number of aryl methyl sites for hydroxylation is 4. The van der Waals surface area contributed by atoms with Gasteiger partial charge in [-0.05, 0) is 51.0 Å². The molecule has 2 heterocycles. The zero-order valence-corrected chi connectivity index (χ0v) is 23.1. The minimum atomic E-state index is -3.44. The predicted octanol–water partition coefficient (Wildman–Crippen LogP) is 3.33. The van der Waals surface area contributed by atoms with Crippen LogP contribution in [0.3, 0.4) is 0 Å². The number of benzene rings is 2. The normalized spacial score (nSPS) is 16.4. The quantitative estimate of drug-likeness (QED) is 0.414. The minimum absolute atomic E-state index is 0.0546. The number of ether oxygens (including phenoxy) is 1. The van der Waals surface area contributed by atoms with Crippen molar-refractivity contribution in [3.8, 4) is 5.75 Å². The van der Waals surface area contributed by atoms with Crippen LogP contribution in [0.25, 0.3) is 10.2 Å². The smallest absolute Gasteiger partial charge is 0.234 e. The van der Waals surface area contributed by atoms with Crippen LogP contribution in [0, 0.1) is 27.7 Å². The van der Waals surface area contributed by atoms with Crippen LogP contribution in [0.2, 0.25) is 0 Å². The van der Waals surface area contributed by atoms with E-state index in [2.05, 4.69) is 19.5 Å². The fourth-order valence-corrected chi connectivity index (χ4v) is 6.69. The van der Waals surface area contributed by atoms with E-state index < -0.39 is 16.1 Å². The summed E-state index contributed by atoms with van der Waals surface area (Å²) < 4.78 is 35.1. The summed E-state index contributed by atoms with van der Waals surface area (Å²) >= 11 is 1.65. The predicted molar refractivity (Wildman–Crippen MR) is 147 cm³/mol. The van der Waals surface area contributed by atoms with Gasteiger partial charge in [0.15, 0.2) is 0 Å². The van der Waals surface area contributed by atoms with Crippen molar-refractivity contribution >= 4 is 37.3 Å². The van der Waals surface area contributed by atoms with Gasteiger partial charge >= 0.3 is 0 Å². The summed E-state index contributed by atoms with van der Waals surface area (Å²) in [5, 5.41) is 11.5. The number of hydrogen-bond donors (Lipinski definition) is 2. The number of anilines is 1. The van der Waals surface area contributed by atoms with Crippen LogP contribution in [0.1, 0.15) is 21.7 Å². The van der Waals surface area contributed by atoms with Crippen LogP contribution in [-0.2, 0) is 10.0 Å². The van der Waals surface area contributed by atoms with Crippen LogP contribution < -0.4 is 9.46 Å². The number of aromatic nitrogens is 1. The number of hydrogen-bond acceptors (Lipinski definition) is 8. The SMILES string of the molecule is Cc1cc(C)c(NS(=O)(=O)CCN2CCN(CC(O)COc3ccc4sc(C)nc4c3)CC2)c(C)c1. The molecule has 2 N–H and O–H groups in total. The standard InChI is InChI=1S/C26H36N4O4S2/c1-18-13-19(2)26(20(3)14-18)28-36(32,33)12-11-29-7-9-30(10-8-29)16-22(31)17-34-23-5-6-25-24(15-23)27-21(4)35-25/h5-6,13-15,22,28,31H,7-12,16-17H2,1-4H3. The van der Waals surface area contributed by atoms with Gasteiger partial charge in [0.1, 0.15) is 18.5 Å². The first-order chi connectivity index (χ1) is 17.1. The van der Waals surface area contributed by atoms with Crippen molar-refractivity contribution < 1.29 is 18.3 Å². The van der Waals surface area contributed by atoms with Gasteiger partial charge in [-0.15, -0.1) is 11.3 Å². The van der Waals surface area contributed by atoms with Crippen molar-refractivity contribution in [3.05, 3.63) is 52.0 Å². The van der Waals surface area contributed by atoms with Gasteiger partial charge < -0.3 is 9.84 Å². The Balaban J connectivity index is 1.18. The Morgan fingerprint density at radius 1 is 1.06 bits per heavy atom. The minimum Gasteiger partial charge on any atom is -0.491 e. The molecular weight excluding hydrogens is 496 g/mol. The highest BCUT2D eigenvalue weighted by molar-refractivity contribution is 7.92. The molecule has 1 fully saturated rings. The molecule has 0 spiro atoms. The maximum atomic E-state index is 12.7. The number of aliphatic hydroxyl groups is 1. The third-order valence-electron chi connectivity index (χ3n) is 6.45. The number of rotatable bonds is 10. The van der Waals surface area contributed by atoms with E-state index in [9.17, 15) is 13.5 Å². The Hall–Kier alpha value is -2.24. The Kier molecular flexibility index (Phi) is 8.52. The molecule has 2 aromatic carbocycles. The molecule has 1 aromatic heterocycles. The zero-order valence-electron chi connectivity index (χ0n) is 21.5. The fourth-order valence-electron chi connectivity index (χ4n) is 4.65. The molecule has 0 aliphatic carbocycles. The number of aliphatic hydroxyl groups excluding tert-OH is 1. The van der Waals surface area contributed by atoms with Gasteiger partial charge in [-0.1, -0.05) is 17.7 Å². The lowest BCUT2D eigenvalue weighted by Gasteiger charge is -2.35. The Morgan fingerprint density at radius 3 is 2.42 bits per heavy atom. The summed E-state index contributed by atoms with van der Waals surface area (Å²) in [6, 6.07) is 9.80. The number of nitrogens with one attached hydrogen (secondary N) is 1. The summed E-state index contributed by atoms with van der Waals surface area (Å²) in [6.45, 7) is 12.2. The molecule has 0 radical (unpaired) electrons. The molecule has 36 heavy (non-hydrogen) atoms. The second-order valence-electron chi connectivity index (χ2n) is 9.66. The summed E-state index contributed by atoms with van der Waals surface area (Å²) in [5.74, 6) is 0.765. The van der Waals surface area contributed by atoms with E-state index in [1.54, 1.807) is 11.3 Å². The molecule has 0 saturated carbocycles. The average Bonchev–Trinajstić information content (AvgIpc) is 3.19. The summed E-state index contributed by atoms with van der Waals surface area (Å²) in [7, 11) is -3.44. The molecule has 196 valence electrons. The van der Waals surface area contributed by atoms with Gasteiger partial charge in [0, 0.05) is 45.3 Å². The van der Waals surface area contributed by atoms with Gasteiger partial charge in [0.05, 0.1) is 26.7 Å². The second-order valence-corrected chi connectivity index (χ2v) is 12.7. The molecule has 4 rings (SSSR count). The molecular formula is C26H36N4O4S2. The van der Waals surface area contributed by atoms with Crippen molar-refractivity contribution in [2.75, 3.05) is 56.4 Å². The maximum Gasteiger partial charge on any atom is 0.234 e. The number of β-amino-alcohol motifs (C(OH)–C–C–N with tert-alkyl or cyclic N) is 1. The van der Waals surface area contributed by atoms with Gasteiger partial charge in [0.25, 0.3) is 0 Å². The van der Waals surface area contributed by atoms with Gasteiger partial charge in [0.2, 0.25) is 10.0 Å². The highest BCUT2D eigenvalue weighted by Gasteiger charge is 2.22. The van der Waals surface area contributed by atoms with E-state index in [-0.39, 0.29) is 12.4 Å². The van der Waals surface area contributed by atoms with E-state index >= 15 is 0 Å². The molecule has 1 saturated heterocycles. The number of sulfonamides is 1.